The highest BCUT2D eigenvalue weighted by atomic mass is 32.2. The molecule has 0 saturated heterocycles. The van der Waals surface area contributed by atoms with Crippen LogP contribution in [0.3, 0.4) is 0 Å². The molecule has 0 rings (SSSR count). The van der Waals surface area contributed by atoms with Crippen LogP contribution in [0.2, 0.25) is 0 Å². The van der Waals surface area contributed by atoms with Gasteiger partial charge in [-0.25, -0.2) is 0 Å². The van der Waals surface area contributed by atoms with Crippen molar-refractivity contribution >= 4 is 47.3 Å². The maximum Gasteiger partial charge on any atom is 0.309 e. The van der Waals surface area contributed by atoms with Crippen molar-refractivity contribution in [2.75, 3.05) is 64.2 Å². The van der Waals surface area contributed by atoms with E-state index in [2.05, 4.69) is 29.8 Å². The summed E-state index contributed by atoms with van der Waals surface area (Å²) in [5, 5.41) is 17.3. The highest BCUT2D eigenvalue weighted by molar-refractivity contribution is 7.99. The Labute approximate surface area is 421 Å². The predicted octanol–water partition coefficient (Wildman–Crippen LogP) is 7.57. The topological polar surface area (TPSA) is 248 Å². The van der Waals surface area contributed by atoms with Gasteiger partial charge in [-0.3, -0.25) is 28.8 Å². The molecule has 0 heterocycles. The number of unbranched alkanes of at least 4 members (excludes halogenated alkanes) is 22. The molecule has 5 atom stereocenters. The Bertz CT molecular complexity index is 1320. The summed E-state index contributed by atoms with van der Waals surface area (Å²) in [5.74, 6) is -3.17. The second kappa shape index (κ2) is 47.3. The third-order valence-corrected chi connectivity index (χ3v) is 13.3. The largest absolute Gasteiger partial charge is 0.461 e. The zero-order chi connectivity index (χ0) is 51.2. The lowest BCUT2D eigenvalue weighted by molar-refractivity contribution is -0.162. The summed E-state index contributed by atoms with van der Waals surface area (Å²) in [6.45, 7) is 8.01. The Morgan fingerprint density at radius 1 is 0.580 bits per heavy atom. The Morgan fingerprint density at radius 3 is 1.52 bits per heavy atom. The summed E-state index contributed by atoms with van der Waals surface area (Å²) in [4.78, 5) is 74.3. The van der Waals surface area contributed by atoms with E-state index in [-0.39, 0.29) is 93.7 Å². The van der Waals surface area contributed by atoms with Crippen LogP contribution >= 0.6 is 11.8 Å². The maximum absolute atomic E-state index is 13.3. The summed E-state index contributed by atoms with van der Waals surface area (Å²) < 4.78 is 22.4. The lowest BCUT2D eigenvalue weighted by Crippen LogP contribution is -2.54. The molecule has 0 aliphatic rings. The number of rotatable bonds is 50. The minimum atomic E-state index is -1.24. The van der Waals surface area contributed by atoms with E-state index in [1.54, 1.807) is 0 Å². The van der Waals surface area contributed by atoms with Gasteiger partial charge in [0.05, 0.1) is 57.5 Å². The zero-order valence-corrected chi connectivity index (χ0v) is 44.5. The molecule has 0 aliphatic carbocycles. The number of thioether (sulfide) groups is 1. The molecule has 0 unspecified atom stereocenters. The minimum Gasteiger partial charge on any atom is -0.461 e. The van der Waals surface area contributed by atoms with Crippen molar-refractivity contribution in [1.82, 2.24) is 16.0 Å². The van der Waals surface area contributed by atoms with E-state index in [0.29, 0.717) is 6.42 Å². The number of carbonyl (C=O) groups excluding carboxylic acids is 6. The van der Waals surface area contributed by atoms with Crippen molar-refractivity contribution in [3.63, 3.8) is 0 Å². The van der Waals surface area contributed by atoms with E-state index in [1.807, 2.05) is 13.8 Å². The summed E-state index contributed by atoms with van der Waals surface area (Å²) >= 11 is 1.27. The molecule has 4 amide bonds. The molecule has 0 aromatic heterocycles. The fourth-order valence-corrected chi connectivity index (χ4v) is 8.51. The number of nitrogens with one attached hydrogen (secondary N) is 3. The molecule has 0 spiro atoms. The molecule has 0 saturated carbocycles. The van der Waals surface area contributed by atoms with E-state index in [4.69, 9.17) is 30.4 Å². The van der Waals surface area contributed by atoms with Crippen LogP contribution in [0, 0.1) is 11.8 Å². The summed E-state index contributed by atoms with van der Waals surface area (Å²) in [5.41, 5.74) is 11.2. The normalized spacial score (nSPS) is 13.5. The number of hydrogen-bond donors (Lipinski definition) is 6. The van der Waals surface area contributed by atoms with Gasteiger partial charge in [-0.1, -0.05) is 182 Å². The molecule has 0 aliphatic heterocycles. The first-order valence-electron chi connectivity index (χ1n) is 27.0. The summed E-state index contributed by atoms with van der Waals surface area (Å²) in [7, 11) is 0. The third kappa shape index (κ3) is 41.3. The third-order valence-electron chi connectivity index (χ3n) is 12.1. The Morgan fingerprint density at radius 2 is 1.04 bits per heavy atom. The first kappa shape index (κ1) is 66.0. The van der Waals surface area contributed by atoms with E-state index in [9.17, 15) is 33.9 Å². The number of carbonyl (C=O) groups is 6. The Balaban J connectivity index is 4.87. The van der Waals surface area contributed by atoms with Crippen molar-refractivity contribution in [2.24, 2.45) is 23.3 Å². The molecular formula is C52H99N5O11S. The second-order valence-corrected chi connectivity index (χ2v) is 19.8. The molecule has 0 radical (unpaired) electrons. The highest BCUT2D eigenvalue weighted by Gasteiger charge is 2.26. The van der Waals surface area contributed by atoms with E-state index in [0.717, 1.165) is 38.5 Å². The van der Waals surface area contributed by atoms with Gasteiger partial charge < -0.3 is 51.5 Å². The van der Waals surface area contributed by atoms with Crippen molar-refractivity contribution < 1.29 is 52.8 Å². The number of aliphatic hydroxyl groups is 1. The Hall–Kier alpha value is -2.99. The molecule has 69 heavy (non-hydrogen) atoms. The van der Waals surface area contributed by atoms with E-state index >= 15 is 0 Å². The van der Waals surface area contributed by atoms with Crippen LogP contribution in [0.1, 0.15) is 201 Å². The molecule has 8 N–H and O–H groups in total. The highest BCUT2D eigenvalue weighted by Crippen LogP contribution is 2.19. The van der Waals surface area contributed by atoms with Gasteiger partial charge in [0.25, 0.3) is 0 Å². The number of esters is 2. The van der Waals surface area contributed by atoms with Crippen molar-refractivity contribution in [2.45, 2.75) is 219 Å². The van der Waals surface area contributed by atoms with Gasteiger partial charge >= 0.3 is 11.9 Å². The molecule has 16 nitrogen and oxygen atoms in total. The SMILES string of the molecule is CCCCCCCCCCCCCC[C@@H](C)C(=O)OC[C@H](CSC[C@H](N)C(=O)N[C@@H](CO)C(=O)NCCOCCOCCC(=O)NCC(N)=O)OC(=O)[C@H](C)CCCCCCCCCCCCCC. The van der Waals surface area contributed by atoms with Gasteiger partial charge in [0.1, 0.15) is 18.8 Å². The lowest BCUT2D eigenvalue weighted by atomic mass is 10.0. The summed E-state index contributed by atoms with van der Waals surface area (Å²) in [6.07, 6.45) is 30.6. The quantitative estimate of drug-likeness (QED) is 0.0255. The average Bonchev–Trinajstić information content (AvgIpc) is 3.33. The fraction of sp³-hybridized carbons (Fsp3) is 0.885. The molecule has 0 aromatic rings. The second-order valence-electron chi connectivity index (χ2n) is 18.7. The monoisotopic (exact) mass is 1000 g/mol. The standard InChI is InChI=1S/C52H99N5O11S/c1-5-7-9-11-13-15-17-19-21-23-25-27-29-42(3)51(63)67-39-44(68-52(64)43(4)30-28-26-24-22-20-18-16-14-12-10-8-6-2)40-69-41-45(53)49(61)57-46(38-58)50(62)55-32-34-66-36-35-65-33-31-48(60)56-37-47(54)59/h42-46,58H,5-41,53H2,1-4H3,(H2,54,59)(H,55,62)(H,56,60)(H,57,61)/t42-,43-,44-,45+,46+/m1/s1. The first-order chi connectivity index (χ1) is 33.4. The molecule has 0 aromatic carbocycles. The van der Waals surface area contributed by atoms with Crippen molar-refractivity contribution in [3.8, 4) is 0 Å². The van der Waals surface area contributed by atoms with Gasteiger partial charge in [0.2, 0.25) is 23.6 Å². The van der Waals surface area contributed by atoms with Crippen LogP contribution in [0.25, 0.3) is 0 Å². The molecular weight excluding hydrogens is 903 g/mol. The van der Waals surface area contributed by atoms with Gasteiger partial charge in [0.15, 0.2) is 0 Å². The van der Waals surface area contributed by atoms with Crippen LogP contribution in [-0.4, -0.2) is 123 Å². The van der Waals surface area contributed by atoms with Crippen LogP contribution in [0.4, 0.5) is 0 Å². The fourth-order valence-electron chi connectivity index (χ4n) is 7.54. The number of amides is 4. The average molecular weight is 1000 g/mol. The zero-order valence-electron chi connectivity index (χ0n) is 43.6. The van der Waals surface area contributed by atoms with Gasteiger partial charge in [-0.15, -0.1) is 0 Å². The van der Waals surface area contributed by atoms with E-state index < -0.39 is 42.5 Å². The Kier molecular flexibility index (Phi) is 45.3. The smallest absolute Gasteiger partial charge is 0.309 e. The lowest BCUT2D eigenvalue weighted by Gasteiger charge is -2.22. The predicted molar refractivity (Wildman–Crippen MR) is 276 cm³/mol. The molecule has 0 fully saturated rings. The van der Waals surface area contributed by atoms with Crippen LogP contribution < -0.4 is 27.4 Å². The van der Waals surface area contributed by atoms with Gasteiger partial charge in [-0.05, 0) is 12.8 Å². The molecule has 17 heteroatoms. The van der Waals surface area contributed by atoms with Crippen molar-refractivity contribution in [3.05, 3.63) is 0 Å². The number of primary amides is 1. The number of nitrogens with two attached hydrogens (primary N) is 2. The van der Waals surface area contributed by atoms with Crippen molar-refractivity contribution in [1.29, 1.82) is 0 Å². The summed E-state index contributed by atoms with van der Waals surface area (Å²) in [6, 6.07) is -2.29. The molecule has 0 bridgehead atoms. The number of ether oxygens (including phenoxy) is 4. The number of hydrogen-bond acceptors (Lipinski definition) is 13. The minimum absolute atomic E-state index is 0.0605. The number of aliphatic hydroxyl groups excluding tert-OH is 1. The van der Waals surface area contributed by atoms with Gasteiger partial charge in [0, 0.05) is 24.5 Å². The van der Waals surface area contributed by atoms with Crippen LogP contribution in [0.5, 0.6) is 0 Å². The maximum atomic E-state index is 13.3. The van der Waals surface area contributed by atoms with E-state index in [1.165, 1.54) is 134 Å². The first-order valence-corrected chi connectivity index (χ1v) is 28.1. The van der Waals surface area contributed by atoms with Gasteiger partial charge in [-0.2, -0.15) is 11.8 Å². The molecule has 404 valence electrons. The van der Waals surface area contributed by atoms with Crippen LogP contribution in [-0.2, 0) is 47.7 Å². The van der Waals surface area contributed by atoms with Crippen LogP contribution in [0.15, 0.2) is 0 Å².